The fourth-order valence-electron chi connectivity index (χ4n) is 3.53. The smallest absolute Gasteiger partial charge is 0.271 e. The Morgan fingerprint density at radius 2 is 2.00 bits per heavy atom. The predicted octanol–water partition coefficient (Wildman–Crippen LogP) is 2.93. The van der Waals surface area contributed by atoms with Crippen LogP contribution in [0.15, 0.2) is 48.5 Å². The van der Waals surface area contributed by atoms with Crippen molar-refractivity contribution in [2.75, 3.05) is 13.1 Å². The minimum absolute atomic E-state index is 0.261. The molecule has 1 aromatic heterocycles. The molecular formula is C20H18FN3O2. The van der Waals surface area contributed by atoms with Crippen LogP contribution in [0.3, 0.4) is 0 Å². The summed E-state index contributed by atoms with van der Waals surface area (Å²) in [6.07, 6.45) is 0. The first-order valence-electron chi connectivity index (χ1n) is 8.47. The molecule has 0 radical (unpaired) electrons. The van der Waals surface area contributed by atoms with E-state index in [1.54, 1.807) is 12.1 Å². The number of aromatic amines is 1. The van der Waals surface area contributed by atoms with Gasteiger partial charge in [0.05, 0.1) is 0 Å². The molecule has 6 heteroatoms. The Morgan fingerprint density at radius 1 is 1.19 bits per heavy atom. The van der Waals surface area contributed by atoms with Crippen LogP contribution in [0.5, 0.6) is 0 Å². The lowest BCUT2D eigenvalue weighted by atomic mass is 10.0. The van der Waals surface area contributed by atoms with Gasteiger partial charge in [0.2, 0.25) is 5.91 Å². The number of rotatable bonds is 2. The van der Waals surface area contributed by atoms with Crippen LogP contribution in [0.4, 0.5) is 4.39 Å². The summed E-state index contributed by atoms with van der Waals surface area (Å²) in [6.45, 7) is 2.61. The van der Waals surface area contributed by atoms with E-state index in [2.05, 4.69) is 10.3 Å². The van der Waals surface area contributed by atoms with Gasteiger partial charge in [-0.05, 0) is 36.2 Å². The highest BCUT2D eigenvalue weighted by molar-refractivity contribution is 6.03. The Labute approximate surface area is 149 Å². The zero-order valence-electron chi connectivity index (χ0n) is 14.3. The number of halogens is 1. The molecule has 2 aromatic carbocycles. The lowest BCUT2D eigenvalue weighted by molar-refractivity contribution is -0.128. The third-order valence-corrected chi connectivity index (χ3v) is 4.82. The summed E-state index contributed by atoms with van der Waals surface area (Å²) >= 11 is 0. The Kier molecular flexibility index (Phi) is 3.95. The van der Waals surface area contributed by atoms with Crippen LogP contribution in [-0.4, -0.2) is 34.8 Å². The summed E-state index contributed by atoms with van der Waals surface area (Å²) in [5.41, 5.74) is 2.64. The monoisotopic (exact) mass is 351 g/mol. The highest BCUT2D eigenvalue weighted by Crippen LogP contribution is 2.28. The molecule has 132 valence electrons. The van der Waals surface area contributed by atoms with Crippen molar-refractivity contribution in [2.45, 2.75) is 13.0 Å². The number of aromatic nitrogens is 1. The van der Waals surface area contributed by atoms with Gasteiger partial charge in [0, 0.05) is 24.0 Å². The molecule has 0 spiro atoms. The molecule has 1 saturated heterocycles. The number of benzene rings is 2. The number of nitrogens with zero attached hydrogens (tertiary/aromatic N) is 1. The fraction of sp³-hybridized carbons (Fsp3) is 0.200. The van der Waals surface area contributed by atoms with E-state index in [0.717, 1.165) is 16.5 Å². The van der Waals surface area contributed by atoms with Crippen LogP contribution < -0.4 is 5.32 Å². The summed E-state index contributed by atoms with van der Waals surface area (Å²) in [7, 11) is 0. The molecule has 1 aliphatic heterocycles. The number of hydrogen-bond acceptors (Lipinski definition) is 2. The number of hydrogen-bond donors (Lipinski definition) is 2. The molecule has 0 aliphatic carbocycles. The van der Waals surface area contributed by atoms with Gasteiger partial charge in [-0.3, -0.25) is 9.59 Å². The average Bonchev–Trinajstić information content (AvgIpc) is 2.98. The lowest BCUT2D eigenvalue weighted by Crippen LogP contribution is -2.52. The number of carbonyl (C=O) groups is 2. The largest absolute Gasteiger partial charge is 0.352 e. The quantitative estimate of drug-likeness (QED) is 0.746. The van der Waals surface area contributed by atoms with Gasteiger partial charge in [0.15, 0.2) is 0 Å². The van der Waals surface area contributed by atoms with Crippen LogP contribution in [-0.2, 0) is 4.79 Å². The fourth-order valence-corrected chi connectivity index (χ4v) is 3.53. The number of amides is 2. The normalized spacial score (nSPS) is 17.4. The Morgan fingerprint density at radius 3 is 2.77 bits per heavy atom. The van der Waals surface area contributed by atoms with E-state index in [1.165, 1.54) is 17.0 Å². The van der Waals surface area contributed by atoms with Crippen molar-refractivity contribution in [3.05, 3.63) is 71.2 Å². The topological polar surface area (TPSA) is 65.2 Å². The first-order valence-corrected chi connectivity index (χ1v) is 8.47. The molecule has 2 heterocycles. The SMILES string of the molecule is Cc1c(C(=O)N2CCNC(=O)[C@H]2c2cccc(F)c2)[nH]c2ccccc12. The van der Waals surface area contributed by atoms with Crippen molar-refractivity contribution < 1.29 is 14.0 Å². The van der Waals surface area contributed by atoms with Gasteiger partial charge in [-0.15, -0.1) is 0 Å². The van der Waals surface area contributed by atoms with Crippen LogP contribution in [0.25, 0.3) is 10.9 Å². The van der Waals surface area contributed by atoms with E-state index >= 15 is 0 Å². The molecule has 2 amide bonds. The molecule has 0 unspecified atom stereocenters. The maximum absolute atomic E-state index is 13.7. The molecule has 1 aliphatic rings. The van der Waals surface area contributed by atoms with Crippen molar-refractivity contribution in [1.29, 1.82) is 0 Å². The van der Waals surface area contributed by atoms with Crippen molar-refractivity contribution in [2.24, 2.45) is 0 Å². The van der Waals surface area contributed by atoms with Crippen LogP contribution in [0.1, 0.15) is 27.7 Å². The molecule has 3 aromatic rings. The van der Waals surface area contributed by atoms with Gasteiger partial charge < -0.3 is 15.2 Å². The maximum atomic E-state index is 13.7. The van der Waals surface area contributed by atoms with Gasteiger partial charge >= 0.3 is 0 Å². The summed E-state index contributed by atoms with van der Waals surface area (Å²) < 4.78 is 13.7. The average molecular weight is 351 g/mol. The molecule has 0 saturated carbocycles. The van der Waals surface area contributed by atoms with E-state index in [0.29, 0.717) is 24.3 Å². The van der Waals surface area contributed by atoms with E-state index in [1.807, 2.05) is 31.2 Å². The second-order valence-corrected chi connectivity index (χ2v) is 6.42. The summed E-state index contributed by atoms with van der Waals surface area (Å²) in [6, 6.07) is 12.7. The number of fused-ring (bicyclic) bond motifs is 1. The van der Waals surface area contributed by atoms with Crippen LogP contribution in [0.2, 0.25) is 0 Å². The van der Waals surface area contributed by atoms with Gasteiger partial charge in [-0.1, -0.05) is 30.3 Å². The van der Waals surface area contributed by atoms with E-state index in [-0.39, 0.29) is 11.8 Å². The third-order valence-electron chi connectivity index (χ3n) is 4.82. The number of para-hydroxylation sites is 1. The Hall–Kier alpha value is -3.15. The van der Waals surface area contributed by atoms with Crippen LogP contribution in [0, 0.1) is 12.7 Å². The number of nitrogens with one attached hydrogen (secondary N) is 2. The molecule has 4 rings (SSSR count). The first-order chi connectivity index (χ1) is 12.6. The predicted molar refractivity (Wildman–Crippen MR) is 96.2 cm³/mol. The maximum Gasteiger partial charge on any atom is 0.271 e. The third kappa shape index (κ3) is 2.63. The zero-order valence-corrected chi connectivity index (χ0v) is 14.3. The Bertz CT molecular complexity index is 1010. The Balaban J connectivity index is 1.77. The van der Waals surface area contributed by atoms with E-state index < -0.39 is 11.9 Å². The van der Waals surface area contributed by atoms with E-state index in [9.17, 15) is 14.0 Å². The highest BCUT2D eigenvalue weighted by atomic mass is 19.1. The number of carbonyl (C=O) groups excluding carboxylic acids is 2. The highest BCUT2D eigenvalue weighted by Gasteiger charge is 2.36. The van der Waals surface area contributed by atoms with Crippen LogP contribution >= 0.6 is 0 Å². The zero-order chi connectivity index (χ0) is 18.3. The number of H-pyrrole nitrogens is 1. The van der Waals surface area contributed by atoms with Gasteiger partial charge in [0.1, 0.15) is 17.6 Å². The number of aryl methyl sites for hydroxylation is 1. The molecular weight excluding hydrogens is 333 g/mol. The minimum atomic E-state index is -0.849. The van der Waals surface area contributed by atoms with Crippen molar-refractivity contribution >= 4 is 22.7 Å². The molecule has 1 atom stereocenters. The van der Waals surface area contributed by atoms with Crippen molar-refractivity contribution in [3.8, 4) is 0 Å². The molecule has 26 heavy (non-hydrogen) atoms. The number of piperazine rings is 1. The van der Waals surface area contributed by atoms with Gasteiger partial charge in [-0.2, -0.15) is 0 Å². The summed E-state index contributed by atoms with van der Waals surface area (Å²) in [5.74, 6) is -0.998. The summed E-state index contributed by atoms with van der Waals surface area (Å²) in [5, 5.41) is 3.73. The van der Waals surface area contributed by atoms with E-state index in [4.69, 9.17) is 0 Å². The second-order valence-electron chi connectivity index (χ2n) is 6.42. The second kappa shape index (κ2) is 6.29. The molecule has 1 fully saturated rings. The molecule has 0 bridgehead atoms. The lowest BCUT2D eigenvalue weighted by Gasteiger charge is -2.35. The molecule has 5 nitrogen and oxygen atoms in total. The van der Waals surface area contributed by atoms with Crippen molar-refractivity contribution in [3.63, 3.8) is 0 Å². The van der Waals surface area contributed by atoms with Crippen molar-refractivity contribution in [1.82, 2.24) is 15.2 Å². The summed E-state index contributed by atoms with van der Waals surface area (Å²) in [4.78, 5) is 30.4. The minimum Gasteiger partial charge on any atom is -0.352 e. The standard InChI is InChI=1S/C20H18FN3O2/c1-12-15-7-2-3-8-16(15)23-17(12)20(26)24-10-9-22-19(25)18(24)13-5-4-6-14(21)11-13/h2-8,11,18,23H,9-10H2,1H3,(H,22,25)/t18-/m1/s1. The van der Waals surface area contributed by atoms with Gasteiger partial charge in [-0.25, -0.2) is 4.39 Å². The molecule has 2 N–H and O–H groups in total. The first kappa shape index (κ1) is 16.3. The van der Waals surface area contributed by atoms with Gasteiger partial charge in [0.25, 0.3) is 5.91 Å².